The van der Waals surface area contributed by atoms with Crippen LogP contribution in [0.2, 0.25) is 0 Å². The minimum atomic E-state index is 0.189. The highest BCUT2D eigenvalue weighted by Crippen LogP contribution is 2.37. The van der Waals surface area contributed by atoms with Crippen LogP contribution < -0.4 is 5.73 Å². The highest BCUT2D eigenvalue weighted by molar-refractivity contribution is 9.13. The Labute approximate surface area is 132 Å². The molecule has 108 valence electrons. The smallest absolute Gasteiger partial charge is 0.183 e. The van der Waals surface area contributed by atoms with Crippen LogP contribution in [0, 0.1) is 5.92 Å². The maximum Gasteiger partial charge on any atom is 0.183 e. The van der Waals surface area contributed by atoms with E-state index in [0.717, 1.165) is 27.4 Å². The minimum Gasteiger partial charge on any atom is -0.451 e. The molecule has 1 aromatic rings. The molecule has 0 aromatic carbocycles. The van der Waals surface area contributed by atoms with Crippen LogP contribution in [0.1, 0.15) is 44.9 Å². The fourth-order valence-electron chi connectivity index (χ4n) is 2.35. The molecule has 1 aliphatic carbocycles. The fourth-order valence-corrected chi connectivity index (χ4v) is 2.96. The van der Waals surface area contributed by atoms with Crippen molar-refractivity contribution in [2.24, 2.45) is 11.7 Å². The first kappa shape index (κ1) is 15.5. The summed E-state index contributed by atoms with van der Waals surface area (Å²) in [5.74, 6) is 1.67. The lowest BCUT2D eigenvalue weighted by molar-refractivity contribution is 0.160. The molecule has 1 aliphatic rings. The van der Waals surface area contributed by atoms with Crippen LogP contribution in [0.3, 0.4) is 0 Å². The number of hydrogen-bond donors (Lipinski definition) is 1. The van der Waals surface area contributed by atoms with E-state index in [1.807, 2.05) is 6.07 Å². The summed E-state index contributed by atoms with van der Waals surface area (Å²) < 4.78 is 7.49. The van der Waals surface area contributed by atoms with Gasteiger partial charge in [0, 0.05) is 12.6 Å². The van der Waals surface area contributed by atoms with Crippen molar-refractivity contribution in [3.05, 3.63) is 21.0 Å². The Morgan fingerprint density at radius 1 is 1.42 bits per heavy atom. The Morgan fingerprint density at radius 3 is 2.53 bits per heavy atom. The van der Waals surface area contributed by atoms with Gasteiger partial charge in [-0.2, -0.15) is 0 Å². The Kier molecular flexibility index (Phi) is 5.52. The second-order valence-electron chi connectivity index (χ2n) is 5.67. The van der Waals surface area contributed by atoms with Crippen molar-refractivity contribution in [3.8, 4) is 0 Å². The third-order valence-corrected chi connectivity index (χ3v) is 5.31. The molecule has 19 heavy (non-hydrogen) atoms. The summed E-state index contributed by atoms with van der Waals surface area (Å²) in [6.45, 7) is 6.23. The van der Waals surface area contributed by atoms with E-state index in [1.165, 1.54) is 19.3 Å². The van der Waals surface area contributed by atoms with Crippen molar-refractivity contribution in [2.45, 2.75) is 45.2 Å². The predicted octanol–water partition coefficient (Wildman–Crippen LogP) is 4.31. The molecule has 3 nitrogen and oxygen atoms in total. The van der Waals surface area contributed by atoms with Gasteiger partial charge >= 0.3 is 0 Å². The van der Waals surface area contributed by atoms with E-state index in [2.05, 4.69) is 50.6 Å². The molecule has 1 atom stereocenters. The van der Waals surface area contributed by atoms with E-state index < -0.39 is 0 Å². The average Bonchev–Trinajstić information content (AvgIpc) is 3.12. The average molecular weight is 394 g/mol. The van der Waals surface area contributed by atoms with E-state index in [0.29, 0.717) is 12.6 Å². The van der Waals surface area contributed by atoms with Gasteiger partial charge in [0.2, 0.25) is 0 Å². The number of hydrogen-bond acceptors (Lipinski definition) is 3. The lowest BCUT2D eigenvalue weighted by Gasteiger charge is -2.30. The van der Waals surface area contributed by atoms with Gasteiger partial charge in [0.15, 0.2) is 4.67 Å². The topological polar surface area (TPSA) is 42.4 Å². The van der Waals surface area contributed by atoms with Gasteiger partial charge in [-0.3, -0.25) is 4.90 Å². The second kappa shape index (κ2) is 6.74. The zero-order chi connectivity index (χ0) is 14.0. The van der Waals surface area contributed by atoms with E-state index >= 15 is 0 Å². The molecule has 1 fully saturated rings. The minimum absolute atomic E-state index is 0.189. The summed E-state index contributed by atoms with van der Waals surface area (Å²) in [7, 11) is 0. The van der Waals surface area contributed by atoms with Crippen molar-refractivity contribution in [1.82, 2.24) is 4.90 Å². The molecule has 0 radical (unpaired) electrons. The van der Waals surface area contributed by atoms with E-state index in [4.69, 9.17) is 10.2 Å². The number of nitrogens with two attached hydrogens (primary N) is 1. The van der Waals surface area contributed by atoms with Gasteiger partial charge in [0.1, 0.15) is 5.76 Å². The van der Waals surface area contributed by atoms with Gasteiger partial charge in [-0.1, -0.05) is 13.8 Å². The van der Waals surface area contributed by atoms with Crippen LogP contribution >= 0.6 is 31.9 Å². The first-order valence-corrected chi connectivity index (χ1v) is 8.52. The zero-order valence-electron chi connectivity index (χ0n) is 11.5. The van der Waals surface area contributed by atoms with Crippen molar-refractivity contribution in [1.29, 1.82) is 0 Å². The predicted molar refractivity (Wildman–Crippen MR) is 85.1 cm³/mol. The molecule has 0 bridgehead atoms. The van der Waals surface area contributed by atoms with E-state index in [9.17, 15) is 0 Å². The molecule has 0 spiro atoms. The molecule has 0 aliphatic heterocycles. The number of nitrogens with zero attached hydrogens (tertiary/aromatic N) is 1. The largest absolute Gasteiger partial charge is 0.451 e. The Morgan fingerprint density at radius 2 is 2.11 bits per heavy atom. The molecule has 0 saturated heterocycles. The summed E-state index contributed by atoms with van der Waals surface area (Å²) in [6, 6.07) is 2.91. The van der Waals surface area contributed by atoms with E-state index in [-0.39, 0.29) is 6.04 Å². The first-order chi connectivity index (χ1) is 9.02. The van der Waals surface area contributed by atoms with E-state index in [1.54, 1.807) is 0 Å². The molecule has 1 heterocycles. The lowest BCUT2D eigenvalue weighted by atomic mass is 10.1. The van der Waals surface area contributed by atoms with Crippen molar-refractivity contribution in [2.75, 3.05) is 13.1 Å². The monoisotopic (exact) mass is 392 g/mol. The normalized spacial score (nSPS) is 17.4. The third kappa shape index (κ3) is 4.06. The standard InChI is InChI=1S/C14H22Br2N2O/c1-9(2)5-6-18(10-3-4-10)12(8-17)13-7-11(15)14(16)19-13/h7,9-10,12H,3-6,8,17H2,1-2H3. The molecule has 1 unspecified atom stereocenters. The molecule has 1 aromatic heterocycles. The maximum atomic E-state index is 6.00. The second-order valence-corrected chi connectivity index (χ2v) is 7.25. The summed E-state index contributed by atoms with van der Waals surface area (Å²) in [6.07, 6.45) is 3.78. The fraction of sp³-hybridized carbons (Fsp3) is 0.714. The summed E-state index contributed by atoms with van der Waals surface area (Å²) >= 11 is 6.88. The molecule has 2 N–H and O–H groups in total. The Hall–Kier alpha value is 0.160. The van der Waals surface area contributed by atoms with Gasteiger partial charge in [0.25, 0.3) is 0 Å². The Balaban J connectivity index is 2.12. The number of rotatable bonds is 7. The van der Waals surface area contributed by atoms with Crippen LogP contribution in [0.5, 0.6) is 0 Å². The van der Waals surface area contributed by atoms with Crippen LogP contribution in [0.4, 0.5) is 0 Å². The van der Waals surface area contributed by atoms with Gasteiger partial charge in [-0.15, -0.1) is 0 Å². The van der Waals surface area contributed by atoms with Crippen LogP contribution in [0.25, 0.3) is 0 Å². The van der Waals surface area contributed by atoms with Gasteiger partial charge < -0.3 is 10.2 Å². The SMILES string of the molecule is CC(C)CCN(C1CC1)C(CN)c1cc(Br)c(Br)o1. The van der Waals surface area contributed by atoms with Crippen molar-refractivity contribution < 1.29 is 4.42 Å². The highest BCUT2D eigenvalue weighted by atomic mass is 79.9. The first-order valence-electron chi connectivity index (χ1n) is 6.93. The van der Waals surface area contributed by atoms with Gasteiger partial charge in [-0.25, -0.2) is 0 Å². The summed E-state index contributed by atoms with van der Waals surface area (Å²) in [5, 5.41) is 0. The molecule has 0 amide bonds. The van der Waals surface area contributed by atoms with Crippen molar-refractivity contribution in [3.63, 3.8) is 0 Å². The van der Waals surface area contributed by atoms with Gasteiger partial charge in [-0.05, 0) is 69.7 Å². The maximum absolute atomic E-state index is 6.00. The third-order valence-electron chi connectivity index (χ3n) is 3.60. The van der Waals surface area contributed by atoms with Crippen LogP contribution in [-0.2, 0) is 0 Å². The number of furan rings is 1. The molecule has 5 heteroatoms. The van der Waals surface area contributed by atoms with Crippen molar-refractivity contribution >= 4 is 31.9 Å². The lowest BCUT2D eigenvalue weighted by Crippen LogP contribution is -2.36. The van der Waals surface area contributed by atoms with Gasteiger partial charge in [0.05, 0.1) is 10.5 Å². The quantitative estimate of drug-likeness (QED) is 0.750. The molecular formula is C14H22Br2N2O. The summed E-state index contributed by atoms with van der Waals surface area (Å²) in [5.41, 5.74) is 6.00. The summed E-state index contributed by atoms with van der Waals surface area (Å²) in [4.78, 5) is 2.53. The highest BCUT2D eigenvalue weighted by Gasteiger charge is 2.35. The van der Waals surface area contributed by atoms with Crippen LogP contribution in [-0.4, -0.2) is 24.0 Å². The molecular weight excluding hydrogens is 372 g/mol. The Bertz CT molecular complexity index is 396. The van der Waals surface area contributed by atoms with Crippen LogP contribution in [0.15, 0.2) is 19.6 Å². The number of halogens is 2. The molecule has 1 saturated carbocycles. The zero-order valence-corrected chi connectivity index (χ0v) is 14.7. The molecule has 2 rings (SSSR count).